The van der Waals surface area contributed by atoms with Gasteiger partial charge in [-0.2, -0.15) is 0 Å². The van der Waals surface area contributed by atoms with Crippen molar-refractivity contribution in [2.45, 2.75) is 20.8 Å². The zero-order chi connectivity index (χ0) is 24.1. The molecule has 1 aliphatic rings. The van der Waals surface area contributed by atoms with Gasteiger partial charge in [-0.1, -0.05) is 29.0 Å². The largest absolute Gasteiger partial charge is 0.490 e. The van der Waals surface area contributed by atoms with Crippen molar-refractivity contribution < 1.29 is 19.0 Å². The number of amides is 1. The number of anilines is 1. The molecule has 4 rings (SSSR count). The number of aryl methyl sites for hydroxylation is 1. The van der Waals surface area contributed by atoms with Gasteiger partial charge in [-0.3, -0.25) is 14.6 Å². The number of hydrogen-bond donors (Lipinski definition) is 0. The van der Waals surface area contributed by atoms with E-state index >= 15 is 0 Å². The van der Waals surface area contributed by atoms with Gasteiger partial charge >= 0.3 is 0 Å². The van der Waals surface area contributed by atoms with Gasteiger partial charge in [0.2, 0.25) is 0 Å². The number of carbonyl (C=O) groups excluding carboxylic acids is 1. The van der Waals surface area contributed by atoms with Gasteiger partial charge in [0, 0.05) is 31.7 Å². The van der Waals surface area contributed by atoms with Crippen molar-refractivity contribution in [3.8, 4) is 11.5 Å². The third-order valence-corrected chi connectivity index (χ3v) is 7.23. The van der Waals surface area contributed by atoms with Crippen molar-refractivity contribution >= 4 is 44.2 Å². The molecule has 0 radical (unpaired) electrons. The Balaban J connectivity index is 1.69. The summed E-state index contributed by atoms with van der Waals surface area (Å²) in [5.74, 6) is 1.06. The summed E-state index contributed by atoms with van der Waals surface area (Å²) in [5.41, 5.74) is 2.39. The van der Waals surface area contributed by atoms with Crippen LogP contribution in [0.4, 0.5) is 5.13 Å². The summed E-state index contributed by atoms with van der Waals surface area (Å²) in [6.07, 6.45) is 0. The monoisotopic (exact) mass is 503 g/mol. The number of carbonyl (C=O) groups is 1. The maximum absolute atomic E-state index is 13.8. The van der Waals surface area contributed by atoms with Gasteiger partial charge in [-0.05, 0) is 50.6 Å². The van der Waals surface area contributed by atoms with Crippen molar-refractivity contribution in [3.63, 3.8) is 0 Å². The van der Waals surface area contributed by atoms with Gasteiger partial charge in [0.05, 0.1) is 41.7 Å². The van der Waals surface area contributed by atoms with Crippen molar-refractivity contribution in [2.24, 2.45) is 0 Å². The van der Waals surface area contributed by atoms with Gasteiger partial charge in [0.15, 0.2) is 16.6 Å². The summed E-state index contributed by atoms with van der Waals surface area (Å²) in [7, 11) is 0. The Morgan fingerprint density at radius 1 is 1.15 bits per heavy atom. The third kappa shape index (κ3) is 5.46. The molecular weight excluding hydrogens is 474 g/mol. The number of nitrogens with zero attached hydrogens (tertiary/aromatic N) is 3. The van der Waals surface area contributed by atoms with E-state index in [9.17, 15) is 4.79 Å². The van der Waals surface area contributed by atoms with E-state index < -0.39 is 0 Å². The average Bonchev–Trinajstić information content (AvgIpc) is 3.30. The van der Waals surface area contributed by atoms with E-state index in [0.29, 0.717) is 60.2 Å². The van der Waals surface area contributed by atoms with Crippen LogP contribution >= 0.6 is 22.9 Å². The highest BCUT2D eigenvalue weighted by Crippen LogP contribution is 2.37. The van der Waals surface area contributed by atoms with Crippen LogP contribution in [0, 0.1) is 6.92 Å². The molecule has 0 atom stereocenters. The van der Waals surface area contributed by atoms with Gasteiger partial charge in [0.25, 0.3) is 5.91 Å². The van der Waals surface area contributed by atoms with Gasteiger partial charge < -0.3 is 14.2 Å². The first kappa shape index (κ1) is 24.7. The maximum Gasteiger partial charge on any atom is 0.260 e. The number of rotatable bonds is 9. The molecule has 0 saturated carbocycles. The van der Waals surface area contributed by atoms with Crippen molar-refractivity contribution in [2.75, 3.05) is 57.5 Å². The molecule has 1 saturated heterocycles. The Kier molecular flexibility index (Phi) is 8.26. The molecule has 9 heteroatoms. The van der Waals surface area contributed by atoms with Gasteiger partial charge in [-0.25, -0.2) is 4.98 Å². The molecule has 1 amide bonds. The van der Waals surface area contributed by atoms with Crippen LogP contribution < -0.4 is 14.4 Å². The molecule has 1 aliphatic heterocycles. The highest BCUT2D eigenvalue weighted by molar-refractivity contribution is 7.23. The van der Waals surface area contributed by atoms with E-state index in [1.165, 1.54) is 11.3 Å². The zero-order valence-corrected chi connectivity index (χ0v) is 21.4. The molecule has 2 aromatic carbocycles. The van der Waals surface area contributed by atoms with E-state index in [2.05, 4.69) is 4.90 Å². The first-order chi connectivity index (χ1) is 16.5. The number of hydrogen-bond acceptors (Lipinski definition) is 7. The SMILES string of the molecule is CCOc1ccc(C(=O)N(CCN2CCOCC2)c2nc3c(C)ccc(Cl)c3s2)cc1OCC. The standard InChI is InChI=1S/C25H30ClN3O4S/c1-4-32-20-9-7-18(16-21(20)33-5-2)24(30)29(11-10-28-12-14-31-15-13-28)25-27-22-17(3)6-8-19(26)23(22)34-25/h6-9,16H,4-5,10-15H2,1-3H3. The van der Waals surface area contributed by atoms with E-state index in [1.54, 1.807) is 23.1 Å². The normalized spacial score (nSPS) is 14.4. The molecule has 1 aromatic heterocycles. The van der Waals surface area contributed by atoms with Crippen LogP contribution in [-0.4, -0.2) is 68.4 Å². The molecular formula is C25H30ClN3O4S. The predicted octanol–water partition coefficient (Wildman–Crippen LogP) is 5.03. The second-order valence-electron chi connectivity index (χ2n) is 7.98. The fraction of sp³-hybridized carbons (Fsp3) is 0.440. The highest BCUT2D eigenvalue weighted by atomic mass is 35.5. The van der Waals surface area contributed by atoms with Crippen molar-refractivity contribution in [1.29, 1.82) is 0 Å². The van der Waals surface area contributed by atoms with Crippen LogP contribution in [0.3, 0.4) is 0 Å². The molecule has 2 heterocycles. The average molecular weight is 504 g/mol. The second-order valence-corrected chi connectivity index (χ2v) is 9.36. The number of fused-ring (bicyclic) bond motifs is 1. The Labute approximate surface area is 209 Å². The summed E-state index contributed by atoms with van der Waals surface area (Å²) in [6.45, 7) is 11.2. The molecule has 0 unspecified atom stereocenters. The lowest BCUT2D eigenvalue weighted by Crippen LogP contribution is -2.43. The molecule has 0 spiro atoms. The number of benzene rings is 2. The number of aromatic nitrogens is 1. The fourth-order valence-electron chi connectivity index (χ4n) is 3.90. The minimum absolute atomic E-state index is 0.134. The molecule has 34 heavy (non-hydrogen) atoms. The van der Waals surface area contributed by atoms with Crippen LogP contribution in [0.1, 0.15) is 29.8 Å². The Bertz CT molecular complexity index is 1110. The van der Waals surface area contributed by atoms with E-state index in [4.69, 9.17) is 30.8 Å². The lowest BCUT2D eigenvalue weighted by Gasteiger charge is -2.29. The topological polar surface area (TPSA) is 64.1 Å². The number of halogens is 1. The van der Waals surface area contributed by atoms with Crippen molar-refractivity contribution in [3.05, 3.63) is 46.5 Å². The summed E-state index contributed by atoms with van der Waals surface area (Å²) < 4.78 is 17.8. The molecule has 182 valence electrons. The van der Waals surface area contributed by atoms with Crippen LogP contribution in [0.25, 0.3) is 10.2 Å². The minimum Gasteiger partial charge on any atom is -0.490 e. The zero-order valence-electron chi connectivity index (χ0n) is 19.8. The molecule has 0 bridgehead atoms. The van der Waals surface area contributed by atoms with E-state index in [-0.39, 0.29) is 5.91 Å². The second kappa shape index (κ2) is 11.4. The Morgan fingerprint density at radius 3 is 2.59 bits per heavy atom. The number of ether oxygens (including phenoxy) is 3. The first-order valence-electron chi connectivity index (χ1n) is 11.6. The van der Waals surface area contributed by atoms with E-state index in [1.807, 2.05) is 32.9 Å². The lowest BCUT2D eigenvalue weighted by molar-refractivity contribution is 0.0391. The number of thiazole rings is 1. The third-order valence-electron chi connectivity index (χ3n) is 5.70. The summed E-state index contributed by atoms with van der Waals surface area (Å²) >= 11 is 7.90. The Morgan fingerprint density at radius 2 is 1.88 bits per heavy atom. The maximum atomic E-state index is 13.8. The summed E-state index contributed by atoms with van der Waals surface area (Å²) in [4.78, 5) is 22.7. The van der Waals surface area contributed by atoms with Crippen LogP contribution in [0.15, 0.2) is 30.3 Å². The molecule has 0 aliphatic carbocycles. The Hall–Kier alpha value is -2.39. The molecule has 3 aromatic rings. The fourth-order valence-corrected chi connectivity index (χ4v) is 5.24. The number of morpholine rings is 1. The molecule has 0 N–H and O–H groups in total. The summed E-state index contributed by atoms with van der Waals surface area (Å²) in [5, 5.41) is 1.28. The van der Waals surface area contributed by atoms with Crippen LogP contribution in [0.5, 0.6) is 11.5 Å². The molecule has 7 nitrogen and oxygen atoms in total. The minimum atomic E-state index is -0.134. The first-order valence-corrected chi connectivity index (χ1v) is 12.8. The van der Waals surface area contributed by atoms with E-state index in [0.717, 1.165) is 35.4 Å². The molecule has 1 fully saturated rings. The van der Waals surface area contributed by atoms with Crippen molar-refractivity contribution in [1.82, 2.24) is 9.88 Å². The quantitative estimate of drug-likeness (QED) is 0.408. The highest BCUT2D eigenvalue weighted by Gasteiger charge is 2.25. The van der Waals surface area contributed by atoms with Crippen LogP contribution in [0.2, 0.25) is 5.02 Å². The van der Waals surface area contributed by atoms with Gasteiger partial charge in [0.1, 0.15) is 0 Å². The summed E-state index contributed by atoms with van der Waals surface area (Å²) in [6, 6.07) is 9.16. The predicted molar refractivity (Wildman–Crippen MR) is 137 cm³/mol. The van der Waals surface area contributed by atoms with Crippen LogP contribution in [-0.2, 0) is 4.74 Å². The lowest BCUT2D eigenvalue weighted by atomic mass is 10.1. The smallest absolute Gasteiger partial charge is 0.260 e. The van der Waals surface area contributed by atoms with Gasteiger partial charge in [-0.15, -0.1) is 0 Å².